The summed E-state index contributed by atoms with van der Waals surface area (Å²) in [6, 6.07) is 0. The average molecular weight is 244 g/mol. The molecule has 98 valence electrons. The lowest BCUT2D eigenvalue weighted by Gasteiger charge is -2.23. The van der Waals surface area contributed by atoms with Gasteiger partial charge >= 0.3 is 0 Å². The standard InChI is InChI=1S/C16H24N2/c1-3-12-6-9-15-16(10-12)18-14-8-5-11(2)4-7-13(14)17-15/h11-12H,3-10H2,1-2H3. The molecule has 2 aliphatic rings. The number of nitrogens with zero attached hydrogens (tertiary/aromatic N) is 2. The Hall–Kier alpha value is -0.920. The summed E-state index contributed by atoms with van der Waals surface area (Å²) in [6.07, 6.45) is 9.80. The summed E-state index contributed by atoms with van der Waals surface area (Å²) < 4.78 is 0. The summed E-state index contributed by atoms with van der Waals surface area (Å²) in [7, 11) is 0. The lowest BCUT2D eigenvalue weighted by atomic mass is 9.87. The van der Waals surface area contributed by atoms with Gasteiger partial charge in [0.05, 0.1) is 22.8 Å². The van der Waals surface area contributed by atoms with Gasteiger partial charge in [-0.15, -0.1) is 0 Å². The largest absolute Gasteiger partial charge is 0.254 e. The Kier molecular flexibility index (Phi) is 3.36. The van der Waals surface area contributed by atoms with Crippen LogP contribution in [0.3, 0.4) is 0 Å². The van der Waals surface area contributed by atoms with Crippen LogP contribution in [0.4, 0.5) is 0 Å². The molecule has 0 aliphatic heterocycles. The van der Waals surface area contributed by atoms with Gasteiger partial charge in [0.1, 0.15) is 0 Å². The van der Waals surface area contributed by atoms with E-state index in [1.165, 1.54) is 54.9 Å². The Balaban J connectivity index is 1.91. The molecular formula is C16H24N2. The Morgan fingerprint density at radius 1 is 0.889 bits per heavy atom. The topological polar surface area (TPSA) is 25.8 Å². The van der Waals surface area contributed by atoms with Crippen LogP contribution in [0.5, 0.6) is 0 Å². The van der Waals surface area contributed by atoms with E-state index in [2.05, 4.69) is 13.8 Å². The van der Waals surface area contributed by atoms with Crippen LogP contribution in [0.1, 0.15) is 62.3 Å². The Morgan fingerprint density at radius 3 is 2.11 bits per heavy atom. The van der Waals surface area contributed by atoms with Crippen LogP contribution in [0.2, 0.25) is 0 Å². The molecule has 2 aliphatic carbocycles. The minimum atomic E-state index is 0.835. The molecule has 0 N–H and O–H groups in total. The van der Waals surface area contributed by atoms with E-state index in [4.69, 9.17) is 9.97 Å². The van der Waals surface area contributed by atoms with E-state index in [-0.39, 0.29) is 0 Å². The van der Waals surface area contributed by atoms with Crippen molar-refractivity contribution in [1.82, 2.24) is 9.97 Å². The third kappa shape index (κ3) is 2.30. The minimum Gasteiger partial charge on any atom is -0.254 e. The van der Waals surface area contributed by atoms with Gasteiger partial charge in [-0.2, -0.15) is 0 Å². The molecule has 0 saturated heterocycles. The molecule has 1 heterocycles. The molecule has 1 aromatic rings. The predicted octanol–water partition coefficient (Wildman–Crippen LogP) is 3.51. The fourth-order valence-electron chi connectivity index (χ4n) is 3.32. The van der Waals surface area contributed by atoms with Gasteiger partial charge in [0, 0.05) is 0 Å². The number of rotatable bonds is 1. The molecule has 0 aromatic carbocycles. The van der Waals surface area contributed by atoms with Gasteiger partial charge in [-0.05, 0) is 56.8 Å². The number of hydrogen-bond acceptors (Lipinski definition) is 2. The van der Waals surface area contributed by atoms with E-state index in [9.17, 15) is 0 Å². The minimum absolute atomic E-state index is 0.835. The number of fused-ring (bicyclic) bond motifs is 2. The SMILES string of the molecule is CCC1CCc2nc3c(nc2C1)CCC(C)CC3. The lowest BCUT2D eigenvalue weighted by molar-refractivity contribution is 0.430. The molecule has 3 rings (SSSR count). The third-order valence-corrected chi connectivity index (χ3v) is 4.80. The average Bonchev–Trinajstić information content (AvgIpc) is 2.58. The fraction of sp³-hybridized carbons (Fsp3) is 0.750. The summed E-state index contributed by atoms with van der Waals surface area (Å²) in [5, 5.41) is 0. The van der Waals surface area contributed by atoms with E-state index in [1.54, 1.807) is 0 Å². The van der Waals surface area contributed by atoms with Gasteiger partial charge in [-0.1, -0.05) is 20.3 Å². The zero-order valence-electron chi connectivity index (χ0n) is 11.7. The predicted molar refractivity (Wildman–Crippen MR) is 73.6 cm³/mol. The van der Waals surface area contributed by atoms with Crippen LogP contribution in [0.15, 0.2) is 0 Å². The van der Waals surface area contributed by atoms with Crippen molar-refractivity contribution < 1.29 is 0 Å². The smallest absolute Gasteiger partial charge is 0.0625 e. The number of aryl methyl sites for hydroxylation is 3. The van der Waals surface area contributed by atoms with Crippen molar-refractivity contribution >= 4 is 0 Å². The first-order chi connectivity index (χ1) is 8.76. The van der Waals surface area contributed by atoms with E-state index < -0.39 is 0 Å². The molecule has 0 radical (unpaired) electrons. The normalized spacial score (nSPS) is 27.2. The Labute approximate surface area is 110 Å². The summed E-state index contributed by atoms with van der Waals surface area (Å²) in [4.78, 5) is 9.94. The molecule has 0 saturated carbocycles. The Morgan fingerprint density at radius 2 is 1.44 bits per heavy atom. The number of hydrogen-bond donors (Lipinski definition) is 0. The molecule has 0 amide bonds. The van der Waals surface area contributed by atoms with Crippen molar-refractivity contribution in [1.29, 1.82) is 0 Å². The highest BCUT2D eigenvalue weighted by Gasteiger charge is 2.23. The van der Waals surface area contributed by atoms with Gasteiger partial charge in [-0.3, -0.25) is 9.97 Å². The molecule has 0 spiro atoms. The first kappa shape index (κ1) is 12.1. The van der Waals surface area contributed by atoms with Gasteiger partial charge in [0.25, 0.3) is 0 Å². The monoisotopic (exact) mass is 244 g/mol. The van der Waals surface area contributed by atoms with Gasteiger partial charge < -0.3 is 0 Å². The zero-order valence-corrected chi connectivity index (χ0v) is 11.7. The summed E-state index contributed by atoms with van der Waals surface area (Å²) in [5.41, 5.74) is 5.26. The molecule has 1 aromatic heterocycles. The summed E-state index contributed by atoms with van der Waals surface area (Å²) >= 11 is 0. The first-order valence-electron chi connectivity index (χ1n) is 7.63. The van der Waals surface area contributed by atoms with E-state index >= 15 is 0 Å². The second kappa shape index (κ2) is 4.99. The summed E-state index contributed by atoms with van der Waals surface area (Å²) in [6.45, 7) is 4.66. The third-order valence-electron chi connectivity index (χ3n) is 4.80. The molecule has 0 bridgehead atoms. The lowest BCUT2D eigenvalue weighted by Crippen LogP contribution is -2.19. The number of aromatic nitrogens is 2. The highest BCUT2D eigenvalue weighted by molar-refractivity contribution is 5.24. The maximum atomic E-state index is 4.98. The molecule has 0 fully saturated rings. The van der Waals surface area contributed by atoms with Crippen LogP contribution >= 0.6 is 0 Å². The summed E-state index contributed by atoms with van der Waals surface area (Å²) in [5.74, 6) is 1.68. The maximum Gasteiger partial charge on any atom is 0.0625 e. The van der Waals surface area contributed by atoms with Crippen molar-refractivity contribution in [3.05, 3.63) is 22.8 Å². The fourth-order valence-corrected chi connectivity index (χ4v) is 3.32. The van der Waals surface area contributed by atoms with Crippen molar-refractivity contribution in [3.8, 4) is 0 Å². The van der Waals surface area contributed by atoms with E-state index in [0.717, 1.165) is 31.1 Å². The second-order valence-corrected chi connectivity index (χ2v) is 6.21. The highest BCUT2D eigenvalue weighted by Crippen LogP contribution is 2.28. The van der Waals surface area contributed by atoms with Crippen molar-refractivity contribution in [2.45, 2.75) is 65.2 Å². The van der Waals surface area contributed by atoms with Crippen molar-refractivity contribution in [3.63, 3.8) is 0 Å². The Bertz CT molecular complexity index is 438. The first-order valence-corrected chi connectivity index (χ1v) is 7.63. The van der Waals surface area contributed by atoms with Crippen LogP contribution < -0.4 is 0 Å². The van der Waals surface area contributed by atoms with Gasteiger partial charge in [0.15, 0.2) is 0 Å². The van der Waals surface area contributed by atoms with Crippen molar-refractivity contribution in [2.75, 3.05) is 0 Å². The van der Waals surface area contributed by atoms with Gasteiger partial charge in [0.2, 0.25) is 0 Å². The quantitative estimate of drug-likeness (QED) is 0.707. The zero-order chi connectivity index (χ0) is 12.5. The molecule has 18 heavy (non-hydrogen) atoms. The van der Waals surface area contributed by atoms with Crippen LogP contribution in [0, 0.1) is 11.8 Å². The van der Waals surface area contributed by atoms with Crippen LogP contribution in [-0.2, 0) is 25.7 Å². The molecule has 2 unspecified atom stereocenters. The van der Waals surface area contributed by atoms with Crippen LogP contribution in [-0.4, -0.2) is 9.97 Å². The molecule has 2 nitrogen and oxygen atoms in total. The van der Waals surface area contributed by atoms with E-state index in [1.807, 2.05) is 0 Å². The molecule has 2 heteroatoms. The molecule has 2 atom stereocenters. The van der Waals surface area contributed by atoms with Crippen LogP contribution in [0.25, 0.3) is 0 Å². The van der Waals surface area contributed by atoms with Gasteiger partial charge in [-0.25, -0.2) is 0 Å². The van der Waals surface area contributed by atoms with Crippen molar-refractivity contribution in [2.24, 2.45) is 11.8 Å². The highest BCUT2D eigenvalue weighted by atomic mass is 14.9. The molecular weight excluding hydrogens is 220 g/mol. The second-order valence-electron chi connectivity index (χ2n) is 6.21. The maximum absolute atomic E-state index is 4.98. The van der Waals surface area contributed by atoms with E-state index in [0.29, 0.717) is 0 Å².